The van der Waals surface area contributed by atoms with Gasteiger partial charge in [0.2, 0.25) is 0 Å². The van der Waals surface area contributed by atoms with Crippen molar-refractivity contribution in [1.82, 2.24) is 19.9 Å². The van der Waals surface area contributed by atoms with Gasteiger partial charge in [-0.05, 0) is 37.1 Å². The average molecular weight is 304 g/mol. The van der Waals surface area contributed by atoms with Crippen LogP contribution in [0.2, 0.25) is 0 Å². The Bertz CT molecular complexity index is 713. The summed E-state index contributed by atoms with van der Waals surface area (Å²) in [5.41, 5.74) is 0.578. The fraction of sp³-hybridized carbons (Fsp3) is 0.286. The van der Waals surface area contributed by atoms with Gasteiger partial charge in [0.25, 0.3) is 5.91 Å². The maximum absolute atomic E-state index is 12.9. The van der Waals surface area contributed by atoms with Crippen LogP contribution in [-0.2, 0) is 4.79 Å². The van der Waals surface area contributed by atoms with Gasteiger partial charge in [-0.15, -0.1) is 5.10 Å². The maximum Gasteiger partial charge on any atom is 0.326 e. The molecule has 0 unspecified atom stereocenters. The number of carbonyl (C=O) groups is 2. The summed E-state index contributed by atoms with van der Waals surface area (Å²) in [6, 6.07) is 4.68. The lowest BCUT2D eigenvalue weighted by Crippen LogP contribution is -2.40. The number of aromatic nitrogens is 3. The number of amides is 1. The highest BCUT2D eigenvalue weighted by Crippen LogP contribution is 2.19. The van der Waals surface area contributed by atoms with E-state index >= 15 is 0 Å². The van der Waals surface area contributed by atoms with Crippen molar-refractivity contribution < 1.29 is 19.1 Å². The predicted molar refractivity (Wildman–Crippen MR) is 73.0 cm³/mol. The Morgan fingerprint density at radius 3 is 2.68 bits per heavy atom. The highest BCUT2D eigenvalue weighted by molar-refractivity contribution is 5.95. The van der Waals surface area contributed by atoms with Crippen LogP contribution in [0.4, 0.5) is 4.39 Å². The van der Waals surface area contributed by atoms with Crippen molar-refractivity contribution in [2.45, 2.75) is 18.9 Å². The van der Waals surface area contributed by atoms with E-state index in [0.29, 0.717) is 25.1 Å². The Hall–Kier alpha value is -2.77. The number of hydrogen-bond acceptors (Lipinski definition) is 4. The van der Waals surface area contributed by atoms with Gasteiger partial charge in [-0.3, -0.25) is 4.79 Å². The Kier molecular flexibility index (Phi) is 3.58. The van der Waals surface area contributed by atoms with Crippen LogP contribution in [0, 0.1) is 5.82 Å². The van der Waals surface area contributed by atoms with Crippen molar-refractivity contribution in [2.75, 3.05) is 6.54 Å². The molecule has 1 aliphatic rings. The summed E-state index contributed by atoms with van der Waals surface area (Å²) in [6.07, 6.45) is 2.37. The molecule has 114 valence electrons. The summed E-state index contributed by atoms with van der Waals surface area (Å²) < 4.78 is 12.9. The van der Waals surface area contributed by atoms with Crippen molar-refractivity contribution in [3.8, 4) is 5.69 Å². The Labute approximate surface area is 125 Å². The van der Waals surface area contributed by atoms with Crippen molar-refractivity contribution in [2.24, 2.45) is 0 Å². The fourth-order valence-corrected chi connectivity index (χ4v) is 2.47. The largest absolute Gasteiger partial charge is 0.480 e. The lowest BCUT2D eigenvalue weighted by Gasteiger charge is -2.19. The molecule has 1 N–H and O–H groups in total. The summed E-state index contributed by atoms with van der Waals surface area (Å²) >= 11 is 0. The second-order valence-electron chi connectivity index (χ2n) is 4.99. The van der Waals surface area contributed by atoms with Gasteiger partial charge in [0.05, 0.1) is 11.9 Å². The van der Waals surface area contributed by atoms with Crippen LogP contribution in [0.5, 0.6) is 0 Å². The van der Waals surface area contributed by atoms with Crippen LogP contribution in [0.1, 0.15) is 23.3 Å². The lowest BCUT2D eigenvalue weighted by atomic mass is 10.2. The fourth-order valence-electron chi connectivity index (χ4n) is 2.47. The van der Waals surface area contributed by atoms with E-state index in [9.17, 15) is 14.0 Å². The molecule has 1 aromatic carbocycles. The third-order valence-electron chi connectivity index (χ3n) is 3.57. The van der Waals surface area contributed by atoms with E-state index in [0.717, 1.165) is 0 Å². The molecule has 2 aromatic rings. The molecule has 7 nitrogen and oxygen atoms in total. The molecule has 22 heavy (non-hydrogen) atoms. The zero-order valence-electron chi connectivity index (χ0n) is 11.5. The molecule has 1 aromatic heterocycles. The van der Waals surface area contributed by atoms with Gasteiger partial charge in [-0.25, -0.2) is 9.18 Å². The SMILES string of the molecule is O=C(O)[C@H]1CCCN1C(=O)c1cnn(-c2ccc(F)cc2)n1. The number of likely N-dealkylation sites (tertiary alicyclic amines) is 1. The van der Waals surface area contributed by atoms with Gasteiger partial charge in [-0.2, -0.15) is 9.90 Å². The van der Waals surface area contributed by atoms with Gasteiger partial charge in [0, 0.05) is 6.54 Å². The van der Waals surface area contributed by atoms with Crippen LogP contribution in [0.3, 0.4) is 0 Å². The van der Waals surface area contributed by atoms with E-state index in [1.165, 1.54) is 40.2 Å². The number of nitrogens with zero attached hydrogens (tertiary/aromatic N) is 4. The monoisotopic (exact) mass is 304 g/mol. The summed E-state index contributed by atoms with van der Waals surface area (Å²) in [7, 11) is 0. The molecule has 2 heterocycles. The molecule has 0 radical (unpaired) electrons. The van der Waals surface area contributed by atoms with Gasteiger partial charge in [-0.1, -0.05) is 0 Å². The molecule has 1 saturated heterocycles. The zero-order valence-corrected chi connectivity index (χ0v) is 11.5. The van der Waals surface area contributed by atoms with Crippen molar-refractivity contribution >= 4 is 11.9 Å². The first kappa shape index (κ1) is 14.2. The molecule has 1 amide bonds. The molecule has 0 spiro atoms. The first-order valence-corrected chi connectivity index (χ1v) is 6.78. The van der Waals surface area contributed by atoms with E-state index in [-0.39, 0.29) is 11.5 Å². The first-order valence-electron chi connectivity index (χ1n) is 6.78. The summed E-state index contributed by atoms with van der Waals surface area (Å²) in [4.78, 5) is 26.0. The van der Waals surface area contributed by atoms with E-state index in [2.05, 4.69) is 10.2 Å². The highest BCUT2D eigenvalue weighted by atomic mass is 19.1. The van der Waals surface area contributed by atoms with Gasteiger partial charge in [0.15, 0.2) is 5.69 Å². The van der Waals surface area contributed by atoms with Crippen LogP contribution in [0.25, 0.3) is 5.69 Å². The molecule has 1 aliphatic heterocycles. The summed E-state index contributed by atoms with van der Waals surface area (Å²) in [6.45, 7) is 0.388. The Morgan fingerprint density at radius 2 is 2.00 bits per heavy atom. The van der Waals surface area contributed by atoms with E-state index in [4.69, 9.17) is 5.11 Å². The third kappa shape index (κ3) is 2.54. The molecule has 1 atom stereocenters. The molecular weight excluding hydrogens is 291 g/mol. The first-order chi connectivity index (χ1) is 10.6. The van der Waals surface area contributed by atoms with Gasteiger partial charge < -0.3 is 10.0 Å². The molecular formula is C14H13FN4O3. The number of aliphatic carboxylic acids is 1. The minimum atomic E-state index is -1.02. The Morgan fingerprint density at radius 1 is 1.27 bits per heavy atom. The van der Waals surface area contributed by atoms with Crippen molar-refractivity contribution in [3.05, 3.63) is 42.0 Å². The van der Waals surface area contributed by atoms with E-state index in [1.807, 2.05) is 0 Å². The second-order valence-corrected chi connectivity index (χ2v) is 4.99. The number of carboxylic acids is 1. The smallest absolute Gasteiger partial charge is 0.326 e. The number of halogens is 1. The molecule has 0 saturated carbocycles. The van der Waals surface area contributed by atoms with E-state index < -0.39 is 17.9 Å². The normalized spacial score (nSPS) is 17.7. The number of carboxylic acid groups (broad SMARTS) is 1. The molecule has 0 aliphatic carbocycles. The molecule has 1 fully saturated rings. The standard InChI is InChI=1S/C14H13FN4O3/c15-9-3-5-10(6-4-9)19-16-8-11(17-19)13(20)18-7-1-2-12(18)14(21)22/h3-6,8,12H,1-2,7H2,(H,21,22)/t12-/m1/s1. The van der Waals surface area contributed by atoms with E-state index in [1.54, 1.807) is 0 Å². The van der Waals surface area contributed by atoms with Gasteiger partial charge >= 0.3 is 5.97 Å². The topological polar surface area (TPSA) is 88.3 Å². The number of rotatable bonds is 3. The quantitative estimate of drug-likeness (QED) is 0.917. The van der Waals surface area contributed by atoms with Crippen molar-refractivity contribution in [1.29, 1.82) is 0 Å². The Balaban J connectivity index is 1.82. The van der Waals surface area contributed by atoms with Crippen LogP contribution < -0.4 is 0 Å². The number of carbonyl (C=O) groups excluding carboxylic acids is 1. The minimum absolute atomic E-state index is 0.0671. The summed E-state index contributed by atoms with van der Waals surface area (Å²) in [5, 5.41) is 17.1. The molecule has 0 bridgehead atoms. The average Bonchev–Trinajstić information content (AvgIpc) is 3.17. The minimum Gasteiger partial charge on any atom is -0.480 e. The predicted octanol–water partition coefficient (Wildman–Crippen LogP) is 1.10. The van der Waals surface area contributed by atoms with Crippen molar-refractivity contribution in [3.63, 3.8) is 0 Å². The summed E-state index contributed by atoms with van der Waals surface area (Å²) in [5.74, 6) is -1.86. The highest BCUT2D eigenvalue weighted by Gasteiger charge is 2.35. The maximum atomic E-state index is 12.9. The second kappa shape index (κ2) is 5.55. The molecule has 8 heteroatoms. The number of hydrogen-bond donors (Lipinski definition) is 1. The zero-order chi connectivity index (χ0) is 15.7. The molecule has 3 rings (SSSR count). The third-order valence-corrected chi connectivity index (χ3v) is 3.57. The van der Waals surface area contributed by atoms with Crippen LogP contribution in [0.15, 0.2) is 30.5 Å². The lowest BCUT2D eigenvalue weighted by molar-refractivity contribution is -0.141. The van der Waals surface area contributed by atoms with Gasteiger partial charge in [0.1, 0.15) is 11.9 Å². The van der Waals surface area contributed by atoms with Crippen LogP contribution in [-0.4, -0.2) is 49.5 Å². The number of benzene rings is 1. The van der Waals surface area contributed by atoms with Crippen LogP contribution >= 0.6 is 0 Å².